The Bertz CT molecular complexity index is 282. The molecule has 1 rings (SSSR count). The van der Waals surface area contributed by atoms with Gasteiger partial charge < -0.3 is 9.84 Å². The molecule has 1 N–H and O–H groups in total. The van der Waals surface area contributed by atoms with Crippen LogP contribution >= 0.6 is 0 Å². The van der Waals surface area contributed by atoms with Crippen LogP contribution in [0.2, 0.25) is 0 Å². The molecule has 0 aromatic rings. The van der Waals surface area contributed by atoms with Crippen LogP contribution in [0.1, 0.15) is 32.6 Å². The molecular formula is C11H16O4. The summed E-state index contributed by atoms with van der Waals surface area (Å²) in [6.45, 7) is 5.52. The zero-order chi connectivity index (χ0) is 11.4. The summed E-state index contributed by atoms with van der Waals surface area (Å²) in [7, 11) is 0. The number of carbonyl (C=O) groups excluding carboxylic acids is 1. The van der Waals surface area contributed by atoms with Crippen molar-refractivity contribution in [3.8, 4) is 0 Å². The van der Waals surface area contributed by atoms with Crippen LogP contribution in [0.15, 0.2) is 12.2 Å². The molecule has 4 nitrogen and oxygen atoms in total. The Kier molecular flexibility index (Phi) is 3.88. The van der Waals surface area contributed by atoms with Crippen molar-refractivity contribution in [2.24, 2.45) is 5.92 Å². The molecule has 0 bridgehead atoms. The molecule has 1 aliphatic heterocycles. The normalized spacial score (nSPS) is 25.4. The lowest BCUT2D eigenvalue weighted by Gasteiger charge is -2.13. The number of carbonyl (C=O) groups is 2. The van der Waals surface area contributed by atoms with Crippen molar-refractivity contribution in [3.63, 3.8) is 0 Å². The van der Waals surface area contributed by atoms with E-state index in [0.717, 1.165) is 19.3 Å². The summed E-state index contributed by atoms with van der Waals surface area (Å²) >= 11 is 0. The molecule has 4 heteroatoms. The second kappa shape index (κ2) is 4.96. The van der Waals surface area contributed by atoms with Gasteiger partial charge in [-0.05, 0) is 12.8 Å². The smallest absolute Gasteiger partial charge is 0.334 e. The highest BCUT2D eigenvalue weighted by atomic mass is 16.6. The summed E-state index contributed by atoms with van der Waals surface area (Å²) < 4.78 is 4.97. The van der Waals surface area contributed by atoms with Gasteiger partial charge in [-0.25, -0.2) is 4.79 Å². The quantitative estimate of drug-likeness (QED) is 0.428. The first-order valence-corrected chi connectivity index (χ1v) is 5.20. The zero-order valence-electron chi connectivity index (χ0n) is 8.86. The third kappa shape index (κ3) is 2.58. The summed E-state index contributed by atoms with van der Waals surface area (Å²) in [5.41, 5.74) is 0.0731. The van der Waals surface area contributed by atoms with Gasteiger partial charge in [0.25, 0.3) is 0 Å². The summed E-state index contributed by atoms with van der Waals surface area (Å²) in [5, 5.41) is 8.94. The van der Waals surface area contributed by atoms with Crippen LogP contribution in [0, 0.1) is 5.92 Å². The standard InChI is InChI=1S/C11H16O4/c1-3-4-5-6-8-9(10(12)13)7(2)11(14)15-8/h8-9H,2-6H2,1H3,(H,12,13). The number of unbranched alkanes of at least 4 members (excludes halogenated alkanes) is 2. The first-order chi connectivity index (χ1) is 7.07. The fourth-order valence-electron chi connectivity index (χ4n) is 1.76. The molecule has 0 aromatic carbocycles. The Morgan fingerprint density at radius 1 is 1.53 bits per heavy atom. The van der Waals surface area contributed by atoms with E-state index in [1.165, 1.54) is 0 Å². The van der Waals surface area contributed by atoms with E-state index < -0.39 is 24.0 Å². The summed E-state index contributed by atoms with van der Waals surface area (Å²) in [5.74, 6) is -2.44. The van der Waals surface area contributed by atoms with Crippen molar-refractivity contribution >= 4 is 11.9 Å². The Hall–Kier alpha value is -1.32. The maximum absolute atomic E-state index is 11.1. The van der Waals surface area contributed by atoms with Crippen LogP contribution in [0.4, 0.5) is 0 Å². The van der Waals surface area contributed by atoms with Crippen molar-refractivity contribution in [3.05, 3.63) is 12.2 Å². The minimum Gasteiger partial charge on any atom is -0.481 e. The summed E-state index contributed by atoms with van der Waals surface area (Å²) in [6.07, 6.45) is 3.04. The number of cyclic esters (lactones) is 1. The number of carboxylic acid groups (broad SMARTS) is 1. The Morgan fingerprint density at radius 2 is 2.20 bits per heavy atom. The lowest BCUT2D eigenvalue weighted by atomic mass is 9.94. The van der Waals surface area contributed by atoms with Gasteiger partial charge >= 0.3 is 11.9 Å². The summed E-state index contributed by atoms with van der Waals surface area (Å²) in [6, 6.07) is 0. The van der Waals surface area contributed by atoms with E-state index in [1.54, 1.807) is 0 Å². The van der Waals surface area contributed by atoms with Gasteiger partial charge in [-0.15, -0.1) is 0 Å². The predicted molar refractivity (Wildman–Crippen MR) is 54.3 cm³/mol. The first kappa shape index (κ1) is 11.8. The SMILES string of the molecule is C=C1C(=O)OC(CCCCC)C1C(=O)O. The van der Waals surface area contributed by atoms with Gasteiger partial charge in [0.1, 0.15) is 12.0 Å². The van der Waals surface area contributed by atoms with Gasteiger partial charge in [0.15, 0.2) is 0 Å². The van der Waals surface area contributed by atoms with Crippen molar-refractivity contribution in [1.29, 1.82) is 0 Å². The maximum atomic E-state index is 11.1. The number of hydrogen-bond donors (Lipinski definition) is 1. The maximum Gasteiger partial charge on any atom is 0.334 e. The van der Waals surface area contributed by atoms with E-state index in [1.807, 2.05) is 0 Å². The zero-order valence-corrected chi connectivity index (χ0v) is 8.86. The average Bonchev–Trinajstić information content (AvgIpc) is 2.43. The van der Waals surface area contributed by atoms with E-state index in [9.17, 15) is 9.59 Å². The minimum atomic E-state index is -1.02. The number of aliphatic carboxylic acids is 1. The van der Waals surface area contributed by atoms with Crippen LogP contribution in [0.5, 0.6) is 0 Å². The van der Waals surface area contributed by atoms with Gasteiger partial charge in [-0.2, -0.15) is 0 Å². The number of esters is 1. The molecular weight excluding hydrogens is 196 g/mol. The van der Waals surface area contributed by atoms with Gasteiger partial charge in [0.05, 0.1) is 0 Å². The predicted octanol–water partition coefficient (Wildman–Crippen LogP) is 1.75. The molecule has 0 amide bonds. The second-order valence-electron chi connectivity index (χ2n) is 3.78. The van der Waals surface area contributed by atoms with Crippen LogP contribution in [-0.4, -0.2) is 23.1 Å². The highest BCUT2D eigenvalue weighted by Gasteiger charge is 2.42. The van der Waals surface area contributed by atoms with Gasteiger partial charge in [-0.3, -0.25) is 4.79 Å². The van der Waals surface area contributed by atoms with Crippen LogP contribution < -0.4 is 0 Å². The van der Waals surface area contributed by atoms with Crippen LogP contribution in [0.3, 0.4) is 0 Å². The fourth-order valence-corrected chi connectivity index (χ4v) is 1.76. The molecule has 1 saturated heterocycles. The molecule has 0 saturated carbocycles. The molecule has 0 spiro atoms. The molecule has 0 radical (unpaired) electrons. The lowest BCUT2D eigenvalue weighted by molar-refractivity contribution is -0.144. The van der Waals surface area contributed by atoms with E-state index in [-0.39, 0.29) is 5.57 Å². The second-order valence-corrected chi connectivity index (χ2v) is 3.78. The average molecular weight is 212 g/mol. The van der Waals surface area contributed by atoms with E-state index >= 15 is 0 Å². The van der Waals surface area contributed by atoms with Crippen LogP contribution in [-0.2, 0) is 14.3 Å². The highest BCUT2D eigenvalue weighted by molar-refractivity contribution is 5.97. The lowest BCUT2D eigenvalue weighted by Crippen LogP contribution is -2.24. The van der Waals surface area contributed by atoms with Crippen LogP contribution in [0.25, 0.3) is 0 Å². The summed E-state index contributed by atoms with van der Waals surface area (Å²) in [4.78, 5) is 22.1. The number of ether oxygens (including phenoxy) is 1. The third-order valence-electron chi connectivity index (χ3n) is 2.63. The molecule has 0 aliphatic carbocycles. The Morgan fingerprint density at radius 3 is 2.73 bits per heavy atom. The number of rotatable bonds is 5. The molecule has 1 aliphatic rings. The van der Waals surface area contributed by atoms with Crippen molar-refractivity contribution in [2.45, 2.75) is 38.7 Å². The molecule has 2 unspecified atom stereocenters. The van der Waals surface area contributed by atoms with Gasteiger partial charge in [-0.1, -0.05) is 26.3 Å². The van der Waals surface area contributed by atoms with Crippen molar-refractivity contribution in [2.75, 3.05) is 0 Å². The number of hydrogen-bond acceptors (Lipinski definition) is 3. The van der Waals surface area contributed by atoms with Crippen molar-refractivity contribution < 1.29 is 19.4 Å². The molecule has 2 atom stereocenters. The highest BCUT2D eigenvalue weighted by Crippen LogP contribution is 2.30. The third-order valence-corrected chi connectivity index (χ3v) is 2.63. The molecule has 0 aromatic heterocycles. The molecule has 1 fully saturated rings. The Balaban J connectivity index is 2.59. The van der Waals surface area contributed by atoms with Gasteiger partial charge in [0, 0.05) is 5.57 Å². The number of carboxylic acids is 1. The Labute approximate surface area is 88.9 Å². The molecule has 1 heterocycles. The van der Waals surface area contributed by atoms with Gasteiger partial charge in [0.2, 0.25) is 0 Å². The van der Waals surface area contributed by atoms with Crippen molar-refractivity contribution in [1.82, 2.24) is 0 Å². The van der Waals surface area contributed by atoms with E-state index in [0.29, 0.717) is 6.42 Å². The fraction of sp³-hybridized carbons (Fsp3) is 0.636. The monoisotopic (exact) mass is 212 g/mol. The molecule has 15 heavy (non-hydrogen) atoms. The van der Waals surface area contributed by atoms with E-state index in [2.05, 4.69) is 13.5 Å². The minimum absolute atomic E-state index is 0.0731. The van der Waals surface area contributed by atoms with E-state index in [4.69, 9.17) is 9.84 Å². The molecule has 84 valence electrons. The first-order valence-electron chi connectivity index (χ1n) is 5.20. The topological polar surface area (TPSA) is 63.6 Å². The largest absolute Gasteiger partial charge is 0.481 e.